The Hall–Kier alpha value is -2.34. The van der Waals surface area contributed by atoms with E-state index in [0.717, 1.165) is 29.5 Å². The highest BCUT2D eigenvalue weighted by molar-refractivity contribution is 6.31. The van der Waals surface area contributed by atoms with Crippen molar-refractivity contribution in [3.05, 3.63) is 46.1 Å². The minimum absolute atomic E-state index is 0.118. The van der Waals surface area contributed by atoms with E-state index in [1.165, 1.54) is 11.8 Å². The number of nitrogens with zero attached hydrogens (tertiary/aromatic N) is 2. The molecule has 2 aliphatic rings. The van der Waals surface area contributed by atoms with E-state index in [1.807, 2.05) is 12.3 Å². The third kappa shape index (κ3) is 5.74. The summed E-state index contributed by atoms with van der Waals surface area (Å²) in [5.74, 6) is -1.98. The summed E-state index contributed by atoms with van der Waals surface area (Å²) >= 11 is 6.72. The second-order valence-corrected chi connectivity index (χ2v) is 12.3. The maximum absolute atomic E-state index is 13.5. The molecule has 2 heterocycles. The van der Waals surface area contributed by atoms with Gasteiger partial charge in [-0.3, -0.25) is 14.4 Å². The Labute approximate surface area is 214 Å². The number of allylic oxidation sites excluding steroid dienone is 1. The quantitative estimate of drug-likeness (QED) is 0.574. The molecule has 3 atom stereocenters. The van der Waals surface area contributed by atoms with Crippen LogP contribution in [0.5, 0.6) is 0 Å². The predicted octanol–water partition coefficient (Wildman–Crippen LogP) is 5.28. The first-order valence-electron chi connectivity index (χ1n) is 12.4. The normalized spacial score (nSPS) is 25.3. The van der Waals surface area contributed by atoms with E-state index in [4.69, 9.17) is 11.6 Å². The van der Waals surface area contributed by atoms with Gasteiger partial charge in [-0.2, -0.15) is 0 Å². The van der Waals surface area contributed by atoms with Crippen LogP contribution in [0.15, 0.2) is 30.0 Å². The number of aliphatic carboxylic acids is 1. The molecule has 0 aliphatic carbocycles. The summed E-state index contributed by atoms with van der Waals surface area (Å²) in [6.07, 6.45) is 3.99. The number of carbonyl (C=O) groups is 3. The zero-order chi connectivity index (χ0) is 26.3. The molecular formula is C28H39ClN2O4. The highest BCUT2D eigenvalue weighted by Crippen LogP contribution is 2.45. The van der Waals surface area contributed by atoms with E-state index in [2.05, 4.69) is 53.7 Å². The summed E-state index contributed by atoms with van der Waals surface area (Å²) in [6, 6.07) is 5.57. The molecule has 1 fully saturated rings. The number of rotatable bonds is 6. The van der Waals surface area contributed by atoms with Crippen LogP contribution in [0.4, 0.5) is 0 Å². The van der Waals surface area contributed by atoms with Gasteiger partial charge in [0.15, 0.2) is 0 Å². The number of benzene rings is 1. The minimum atomic E-state index is -0.989. The first kappa shape index (κ1) is 27.3. The SMILES string of the molecule is CC(=O)N1CC(C(=O)O)C(N2C=C(C(C)C)[C@](C)(c3ccc(CCC(C)(C)C)c(Cl)c3)CC2=O)C1. The average Bonchev–Trinajstić information content (AvgIpc) is 3.18. The molecule has 2 unspecified atom stereocenters. The zero-order valence-electron chi connectivity index (χ0n) is 22.0. The van der Waals surface area contributed by atoms with Gasteiger partial charge >= 0.3 is 5.97 Å². The average molecular weight is 503 g/mol. The Bertz CT molecular complexity index is 1040. The van der Waals surface area contributed by atoms with E-state index in [-0.39, 0.29) is 42.7 Å². The van der Waals surface area contributed by atoms with E-state index in [1.54, 1.807) is 4.90 Å². The van der Waals surface area contributed by atoms with Gasteiger partial charge in [0.2, 0.25) is 11.8 Å². The molecule has 192 valence electrons. The van der Waals surface area contributed by atoms with Crippen LogP contribution >= 0.6 is 11.6 Å². The van der Waals surface area contributed by atoms with Crippen LogP contribution in [0.3, 0.4) is 0 Å². The van der Waals surface area contributed by atoms with Crippen molar-refractivity contribution >= 4 is 29.4 Å². The fourth-order valence-corrected chi connectivity index (χ4v) is 5.64. The van der Waals surface area contributed by atoms with Crippen molar-refractivity contribution in [2.75, 3.05) is 13.1 Å². The Morgan fingerprint density at radius 3 is 2.40 bits per heavy atom. The maximum atomic E-state index is 13.5. The molecule has 2 amide bonds. The Morgan fingerprint density at radius 2 is 1.89 bits per heavy atom. The highest BCUT2D eigenvalue weighted by Gasteiger charge is 2.48. The summed E-state index contributed by atoms with van der Waals surface area (Å²) in [5.41, 5.74) is 2.81. The highest BCUT2D eigenvalue weighted by atomic mass is 35.5. The van der Waals surface area contributed by atoms with Gasteiger partial charge in [0.1, 0.15) is 0 Å². The summed E-state index contributed by atoms with van der Waals surface area (Å²) in [5, 5.41) is 10.5. The topological polar surface area (TPSA) is 77.9 Å². The standard InChI is InChI=1S/C28H39ClN2O4/c1-17(2)22-15-31(24-16-30(18(3)32)14-21(24)26(34)35)25(33)13-28(22,7)20-9-8-19(23(29)12-20)10-11-27(4,5)6/h8-9,12,15,17,21,24H,10-11,13-14,16H2,1-7H3,(H,34,35)/t21?,24?,28-/m0/s1. The van der Waals surface area contributed by atoms with Crippen molar-refractivity contribution in [3.63, 3.8) is 0 Å². The Morgan fingerprint density at radius 1 is 1.23 bits per heavy atom. The van der Waals surface area contributed by atoms with Crippen molar-refractivity contribution in [3.8, 4) is 0 Å². The monoisotopic (exact) mass is 502 g/mol. The Kier molecular flexibility index (Phi) is 7.76. The smallest absolute Gasteiger partial charge is 0.310 e. The molecule has 7 heteroatoms. The molecular weight excluding hydrogens is 464 g/mol. The van der Waals surface area contributed by atoms with Gasteiger partial charge in [0.05, 0.1) is 12.0 Å². The van der Waals surface area contributed by atoms with E-state index < -0.39 is 23.3 Å². The first-order chi connectivity index (χ1) is 16.1. The molecule has 1 aromatic carbocycles. The van der Waals surface area contributed by atoms with Gasteiger partial charge in [-0.1, -0.05) is 65.3 Å². The van der Waals surface area contributed by atoms with Gasteiger partial charge in [-0.05, 0) is 46.9 Å². The molecule has 0 bridgehead atoms. The van der Waals surface area contributed by atoms with Gasteiger partial charge < -0.3 is 14.9 Å². The summed E-state index contributed by atoms with van der Waals surface area (Å²) in [7, 11) is 0. The fraction of sp³-hybridized carbons (Fsp3) is 0.607. The Balaban J connectivity index is 1.97. The molecule has 0 spiro atoms. The lowest BCUT2D eigenvalue weighted by Gasteiger charge is -2.43. The number of amides is 2. The number of hydrogen-bond acceptors (Lipinski definition) is 3. The third-order valence-electron chi connectivity index (χ3n) is 7.57. The maximum Gasteiger partial charge on any atom is 0.310 e. The molecule has 0 aromatic heterocycles. The second kappa shape index (κ2) is 9.96. The van der Waals surface area contributed by atoms with Crippen LogP contribution in [0, 0.1) is 17.3 Å². The predicted molar refractivity (Wildman–Crippen MR) is 138 cm³/mol. The molecule has 35 heavy (non-hydrogen) atoms. The number of carboxylic acid groups (broad SMARTS) is 1. The molecule has 0 saturated carbocycles. The number of carbonyl (C=O) groups excluding carboxylic acids is 2. The largest absolute Gasteiger partial charge is 0.481 e. The van der Waals surface area contributed by atoms with Crippen molar-refractivity contribution in [1.29, 1.82) is 0 Å². The number of halogens is 1. The van der Waals surface area contributed by atoms with Gasteiger partial charge in [-0.15, -0.1) is 0 Å². The van der Waals surface area contributed by atoms with E-state index in [0.29, 0.717) is 5.02 Å². The summed E-state index contributed by atoms with van der Waals surface area (Å²) in [4.78, 5) is 40.5. The first-order valence-corrected chi connectivity index (χ1v) is 12.8. The molecule has 1 saturated heterocycles. The third-order valence-corrected chi connectivity index (χ3v) is 7.93. The van der Waals surface area contributed by atoms with Gasteiger partial charge in [0, 0.05) is 43.1 Å². The number of hydrogen-bond donors (Lipinski definition) is 1. The molecule has 1 N–H and O–H groups in total. The van der Waals surface area contributed by atoms with Crippen LogP contribution in [0.25, 0.3) is 0 Å². The van der Waals surface area contributed by atoms with Crippen LogP contribution in [0.1, 0.15) is 72.4 Å². The molecule has 0 radical (unpaired) electrons. The van der Waals surface area contributed by atoms with Crippen LogP contribution < -0.4 is 0 Å². The number of carboxylic acids is 1. The lowest BCUT2D eigenvalue weighted by atomic mass is 9.68. The molecule has 6 nitrogen and oxygen atoms in total. The van der Waals surface area contributed by atoms with Crippen LogP contribution in [-0.2, 0) is 26.2 Å². The van der Waals surface area contributed by atoms with Gasteiger partial charge in [0.25, 0.3) is 0 Å². The van der Waals surface area contributed by atoms with E-state index >= 15 is 0 Å². The molecule has 3 rings (SSSR count). The fourth-order valence-electron chi connectivity index (χ4n) is 5.37. The van der Waals surface area contributed by atoms with Crippen molar-refractivity contribution in [1.82, 2.24) is 9.80 Å². The van der Waals surface area contributed by atoms with Crippen LogP contribution in [-0.4, -0.2) is 51.8 Å². The molecule has 1 aromatic rings. The second-order valence-electron chi connectivity index (χ2n) is 11.9. The minimum Gasteiger partial charge on any atom is -0.481 e. The van der Waals surface area contributed by atoms with E-state index in [9.17, 15) is 19.5 Å². The van der Waals surface area contributed by atoms with Crippen molar-refractivity contribution < 1.29 is 19.5 Å². The van der Waals surface area contributed by atoms with Crippen molar-refractivity contribution in [2.24, 2.45) is 17.3 Å². The number of aryl methyl sites for hydroxylation is 1. The lowest BCUT2D eigenvalue weighted by Crippen LogP contribution is -2.50. The van der Waals surface area contributed by atoms with Crippen LogP contribution in [0.2, 0.25) is 5.02 Å². The zero-order valence-corrected chi connectivity index (χ0v) is 22.8. The summed E-state index contributed by atoms with van der Waals surface area (Å²) < 4.78 is 0. The van der Waals surface area contributed by atoms with Gasteiger partial charge in [-0.25, -0.2) is 0 Å². The lowest BCUT2D eigenvalue weighted by molar-refractivity contribution is -0.144. The number of likely N-dealkylation sites (tertiary alicyclic amines) is 1. The van der Waals surface area contributed by atoms with Crippen molar-refractivity contribution in [2.45, 2.75) is 79.2 Å². The summed E-state index contributed by atoms with van der Waals surface area (Å²) in [6.45, 7) is 14.7. The molecule has 2 aliphatic heterocycles.